The third-order valence-electron chi connectivity index (χ3n) is 4.64. The number of carboxylic acid groups (broad SMARTS) is 1. The van der Waals surface area contributed by atoms with Crippen LogP contribution in [0.15, 0.2) is 23.4 Å². The highest BCUT2D eigenvalue weighted by Crippen LogP contribution is 2.29. The van der Waals surface area contributed by atoms with Gasteiger partial charge in [0.15, 0.2) is 0 Å². The van der Waals surface area contributed by atoms with E-state index >= 15 is 0 Å². The van der Waals surface area contributed by atoms with Gasteiger partial charge in [0.2, 0.25) is 0 Å². The molecule has 6 nitrogen and oxygen atoms in total. The van der Waals surface area contributed by atoms with Gasteiger partial charge in [-0.15, -0.1) is 0 Å². The van der Waals surface area contributed by atoms with Crippen LogP contribution < -0.4 is 0 Å². The van der Waals surface area contributed by atoms with E-state index in [1.807, 2.05) is 6.92 Å². The molecule has 1 heterocycles. The fourth-order valence-corrected chi connectivity index (χ4v) is 2.99. The first kappa shape index (κ1) is 21.6. The number of aliphatic carboxylic acids is 1. The van der Waals surface area contributed by atoms with Crippen molar-refractivity contribution in [1.82, 2.24) is 0 Å². The van der Waals surface area contributed by atoms with Gasteiger partial charge in [-0.3, -0.25) is 0 Å². The lowest BCUT2D eigenvalue weighted by molar-refractivity contribution is -0.292. The second-order valence-electron chi connectivity index (χ2n) is 6.78. The van der Waals surface area contributed by atoms with Crippen molar-refractivity contribution in [2.75, 3.05) is 13.2 Å². The molecule has 0 saturated carbocycles. The lowest BCUT2D eigenvalue weighted by Gasteiger charge is -2.39. The van der Waals surface area contributed by atoms with Gasteiger partial charge in [0, 0.05) is 18.4 Å². The van der Waals surface area contributed by atoms with Gasteiger partial charge in [-0.05, 0) is 45.2 Å². The Balaban J connectivity index is 1.69. The van der Waals surface area contributed by atoms with Crippen LogP contribution in [0.25, 0.3) is 0 Å². The number of benzene rings is 1. The Morgan fingerprint density at radius 2 is 2.22 bits per heavy atom. The predicted octanol–water partition coefficient (Wildman–Crippen LogP) is 4.24. The fourth-order valence-electron chi connectivity index (χ4n) is 2.81. The average molecular weight is 402 g/mol. The molecule has 0 amide bonds. The molecule has 27 heavy (non-hydrogen) atoms. The van der Waals surface area contributed by atoms with Crippen molar-refractivity contribution in [2.24, 2.45) is 11.1 Å². The Labute approximate surface area is 163 Å². The number of halogens is 2. The van der Waals surface area contributed by atoms with E-state index < -0.39 is 17.6 Å². The number of hydrogen-bond acceptors (Lipinski definition) is 5. The van der Waals surface area contributed by atoms with Crippen molar-refractivity contribution < 1.29 is 28.6 Å². The molecule has 0 bridgehead atoms. The molecule has 1 saturated heterocycles. The molecule has 1 aliphatic rings. The minimum Gasteiger partial charge on any atom is -0.477 e. The summed E-state index contributed by atoms with van der Waals surface area (Å²) in [6.07, 6.45) is 2.32. The Bertz CT molecular complexity index is 699. The first-order valence-electron chi connectivity index (χ1n) is 8.90. The van der Waals surface area contributed by atoms with Gasteiger partial charge in [0.25, 0.3) is 5.79 Å². The lowest BCUT2D eigenvalue weighted by Crippen LogP contribution is -2.51. The van der Waals surface area contributed by atoms with Crippen LogP contribution >= 0.6 is 11.6 Å². The molecule has 2 rings (SSSR count). The Morgan fingerprint density at radius 1 is 1.48 bits per heavy atom. The largest absolute Gasteiger partial charge is 0.477 e. The van der Waals surface area contributed by atoms with Gasteiger partial charge in [-0.2, -0.15) is 0 Å². The van der Waals surface area contributed by atoms with Gasteiger partial charge < -0.3 is 19.4 Å². The molecule has 0 aromatic heterocycles. The van der Waals surface area contributed by atoms with Gasteiger partial charge in [-0.25, -0.2) is 9.18 Å². The minimum absolute atomic E-state index is 0.0482. The van der Waals surface area contributed by atoms with Crippen LogP contribution in [0, 0.1) is 11.7 Å². The normalized spacial score (nSPS) is 26.0. The summed E-state index contributed by atoms with van der Waals surface area (Å²) in [6.45, 7) is 5.85. The van der Waals surface area contributed by atoms with Crippen molar-refractivity contribution in [2.45, 2.75) is 51.9 Å². The second-order valence-corrected chi connectivity index (χ2v) is 7.19. The van der Waals surface area contributed by atoms with E-state index in [9.17, 15) is 9.18 Å². The second kappa shape index (κ2) is 9.48. The molecule has 0 spiro atoms. The highest BCUT2D eigenvalue weighted by Gasteiger charge is 2.43. The summed E-state index contributed by atoms with van der Waals surface area (Å²) in [4.78, 5) is 16.5. The molecule has 1 aliphatic heterocycles. The van der Waals surface area contributed by atoms with Crippen LogP contribution in [0.1, 0.15) is 45.6 Å². The van der Waals surface area contributed by atoms with Gasteiger partial charge in [-0.1, -0.05) is 22.8 Å². The molecule has 0 radical (unpaired) electrons. The standard InChI is InChI=1S/C19H25ClFNO5/c1-12(14-7-8-17(21)16(20)10-14)22-26-9-5-4-6-15-11-25-19(3,18(23)24)27-13(15)2/h7-8,10,13,15H,4-6,9,11H2,1-3H3,(H,23,24). The zero-order chi connectivity index (χ0) is 20.0. The summed E-state index contributed by atoms with van der Waals surface area (Å²) in [5.41, 5.74) is 1.32. The monoisotopic (exact) mass is 401 g/mol. The highest BCUT2D eigenvalue weighted by molar-refractivity contribution is 6.31. The maximum Gasteiger partial charge on any atom is 0.364 e. The molecular weight excluding hydrogens is 377 g/mol. The maximum absolute atomic E-state index is 13.2. The molecule has 0 aliphatic carbocycles. The van der Waals surface area contributed by atoms with Crippen LogP contribution in [-0.4, -0.2) is 41.9 Å². The van der Waals surface area contributed by atoms with Gasteiger partial charge in [0.05, 0.1) is 23.4 Å². The molecule has 1 aromatic rings. The van der Waals surface area contributed by atoms with Gasteiger partial charge in [0.1, 0.15) is 12.4 Å². The molecule has 8 heteroatoms. The number of unbranched alkanes of at least 4 members (excludes halogenated alkanes) is 1. The zero-order valence-corrected chi connectivity index (χ0v) is 16.5. The number of carbonyl (C=O) groups is 1. The number of oxime groups is 1. The maximum atomic E-state index is 13.2. The summed E-state index contributed by atoms with van der Waals surface area (Å²) < 4.78 is 24.1. The lowest BCUT2D eigenvalue weighted by atomic mass is 9.96. The summed E-state index contributed by atoms with van der Waals surface area (Å²) in [5, 5.41) is 13.2. The average Bonchev–Trinajstić information content (AvgIpc) is 2.61. The van der Waals surface area contributed by atoms with Crippen molar-refractivity contribution >= 4 is 23.3 Å². The van der Waals surface area contributed by atoms with Crippen molar-refractivity contribution in [3.63, 3.8) is 0 Å². The summed E-state index contributed by atoms with van der Waals surface area (Å²) in [7, 11) is 0. The number of rotatable bonds is 8. The van der Waals surface area contributed by atoms with Crippen molar-refractivity contribution in [3.05, 3.63) is 34.6 Å². The Kier molecular flexibility index (Phi) is 7.59. The molecule has 1 fully saturated rings. The highest BCUT2D eigenvalue weighted by atomic mass is 35.5. The SMILES string of the molecule is CC(=NOCCCCC1COC(C)(C(=O)O)OC1C)c1ccc(F)c(Cl)c1. The van der Waals surface area contributed by atoms with E-state index in [0.717, 1.165) is 19.3 Å². The van der Waals surface area contributed by atoms with Crippen molar-refractivity contribution in [1.29, 1.82) is 0 Å². The first-order chi connectivity index (χ1) is 12.7. The summed E-state index contributed by atoms with van der Waals surface area (Å²) in [5.74, 6) is -3.00. The molecule has 3 unspecified atom stereocenters. The topological polar surface area (TPSA) is 77.4 Å². The Morgan fingerprint density at radius 3 is 2.85 bits per heavy atom. The smallest absolute Gasteiger partial charge is 0.364 e. The molecular formula is C19H25ClFNO5. The van der Waals surface area contributed by atoms with Crippen molar-refractivity contribution in [3.8, 4) is 0 Å². The van der Waals surface area contributed by atoms with E-state index in [1.165, 1.54) is 19.1 Å². The number of ether oxygens (including phenoxy) is 2. The molecule has 150 valence electrons. The van der Waals surface area contributed by atoms with Crippen LogP contribution in [-0.2, 0) is 19.1 Å². The first-order valence-corrected chi connectivity index (χ1v) is 9.28. The summed E-state index contributed by atoms with van der Waals surface area (Å²) >= 11 is 5.76. The number of carboxylic acids is 1. The number of nitrogens with zero attached hydrogens (tertiary/aromatic N) is 1. The predicted molar refractivity (Wildman–Crippen MR) is 99.5 cm³/mol. The van der Waals surface area contributed by atoms with E-state index in [2.05, 4.69) is 5.16 Å². The molecule has 1 N–H and O–H groups in total. The third kappa shape index (κ3) is 5.89. The molecule has 1 aromatic carbocycles. The summed E-state index contributed by atoms with van der Waals surface area (Å²) in [6, 6.07) is 4.40. The van der Waals surface area contributed by atoms with E-state index in [0.29, 0.717) is 24.5 Å². The third-order valence-corrected chi connectivity index (χ3v) is 4.93. The van der Waals surface area contributed by atoms with Crippen LogP contribution in [0.4, 0.5) is 4.39 Å². The zero-order valence-electron chi connectivity index (χ0n) is 15.7. The van der Waals surface area contributed by atoms with Crippen LogP contribution in [0.5, 0.6) is 0 Å². The van der Waals surface area contributed by atoms with E-state index in [1.54, 1.807) is 13.0 Å². The quantitative estimate of drug-likeness (QED) is 0.400. The van der Waals surface area contributed by atoms with E-state index in [4.69, 9.17) is 31.0 Å². The number of hydrogen-bond donors (Lipinski definition) is 1. The molecule has 3 atom stereocenters. The van der Waals surface area contributed by atoms with Crippen LogP contribution in [0.2, 0.25) is 5.02 Å². The fraction of sp³-hybridized carbons (Fsp3) is 0.579. The Hall–Kier alpha value is -1.70. The minimum atomic E-state index is -1.56. The van der Waals surface area contributed by atoms with Crippen LogP contribution in [0.3, 0.4) is 0 Å². The van der Waals surface area contributed by atoms with Gasteiger partial charge >= 0.3 is 5.97 Å². The van der Waals surface area contributed by atoms with E-state index in [-0.39, 0.29) is 17.0 Å².